The van der Waals surface area contributed by atoms with Crippen LogP contribution < -0.4 is 4.90 Å². The number of rotatable bonds is 6. The number of anilines is 1. The van der Waals surface area contributed by atoms with Crippen LogP contribution in [0.2, 0.25) is 0 Å². The Kier molecular flexibility index (Phi) is 4.61. The zero-order valence-electron chi connectivity index (χ0n) is 9.15. The number of hydrogen-bond donors (Lipinski definition) is 0. The molecule has 15 heavy (non-hydrogen) atoms. The number of carbonyl (C=O) groups is 1. The fourth-order valence-corrected chi connectivity index (χ4v) is 1.53. The predicted octanol–water partition coefficient (Wildman–Crippen LogP) is 2.90. The van der Waals surface area contributed by atoms with Gasteiger partial charge in [0.2, 0.25) is 0 Å². The van der Waals surface area contributed by atoms with Crippen molar-refractivity contribution in [2.24, 2.45) is 0 Å². The van der Waals surface area contributed by atoms with Crippen LogP contribution >= 0.6 is 0 Å². The second kappa shape index (κ2) is 6.02. The molecule has 1 aromatic rings. The van der Waals surface area contributed by atoms with Crippen LogP contribution in [0.1, 0.15) is 23.2 Å². The monoisotopic (exact) mass is 203 g/mol. The van der Waals surface area contributed by atoms with Gasteiger partial charge in [-0.05, 0) is 25.0 Å². The number of nitrogens with zero attached hydrogens (tertiary/aromatic N) is 1. The van der Waals surface area contributed by atoms with Gasteiger partial charge in [-0.2, -0.15) is 0 Å². The van der Waals surface area contributed by atoms with Gasteiger partial charge in [0.25, 0.3) is 0 Å². The molecule has 0 saturated heterocycles. The summed E-state index contributed by atoms with van der Waals surface area (Å²) in [5.41, 5.74) is 1.75. The lowest BCUT2D eigenvalue weighted by molar-refractivity contribution is 0.112. The Morgan fingerprint density at radius 1 is 1.40 bits per heavy atom. The van der Waals surface area contributed by atoms with Gasteiger partial charge < -0.3 is 4.90 Å². The fraction of sp³-hybridized carbons (Fsp3) is 0.308. The maximum Gasteiger partial charge on any atom is 0.152 e. The van der Waals surface area contributed by atoms with Crippen LogP contribution in [0.25, 0.3) is 0 Å². The Morgan fingerprint density at radius 3 is 2.80 bits per heavy atom. The van der Waals surface area contributed by atoms with Crippen molar-refractivity contribution in [1.29, 1.82) is 0 Å². The third-order valence-corrected chi connectivity index (χ3v) is 2.38. The highest BCUT2D eigenvalue weighted by Crippen LogP contribution is 2.17. The summed E-state index contributed by atoms with van der Waals surface area (Å²) >= 11 is 0. The minimum absolute atomic E-state index is 0.749. The minimum Gasteiger partial charge on any atom is -0.374 e. The normalized spacial score (nSPS) is 9.67. The molecule has 1 aromatic carbocycles. The minimum atomic E-state index is 0.749. The van der Waals surface area contributed by atoms with Crippen LogP contribution in [0.5, 0.6) is 0 Å². The van der Waals surface area contributed by atoms with E-state index in [0.29, 0.717) is 0 Å². The molecular formula is C13H17NO. The van der Waals surface area contributed by atoms with E-state index in [2.05, 4.69) is 11.5 Å². The van der Waals surface area contributed by atoms with Crippen molar-refractivity contribution >= 4 is 12.0 Å². The van der Waals surface area contributed by atoms with E-state index in [4.69, 9.17) is 0 Å². The number of unbranched alkanes of at least 4 members (excludes halogenated alkanes) is 1. The summed E-state index contributed by atoms with van der Waals surface area (Å²) in [7, 11) is 2.01. The predicted molar refractivity (Wildman–Crippen MR) is 64.5 cm³/mol. The summed E-state index contributed by atoms with van der Waals surface area (Å²) in [6.07, 6.45) is 4.89. The molecule has 0 aliphatic heterocycles. The van der Waals surface area contributed by atoms with Crippen molar-refractivity contribution in [3.8, 4) is 0 Å². The summed E-state index contributed by atoms with van der Waals surface area (Å²) in [5.74, 6) is 0. The highest BCUT2D eigenvalue weighted by Gasteiger charge is 2.04. The molecular weight excluding hydrogens is 186 g/mol. The molecule has 0 amide bonds. The van der Waals surface area contributed by atoms with Crippen molar-refractivity contribution in [1.82, 2.24) is 0 Å². The van der Waals surface area contributed by atoms with Gasteiger partial charge in [-0.1, -0.05) is 18.2 Å². The molecule has 0 radical (unpaired) electrons. The number of allylic oxidation sites excluding steroid dienone is 1. The van der Waals surface area contributed by atoms with Crippen LogP contribution in [0.4, 0.5) is 5.69 Å². The number of hydrogen-bond acceptors (Lipinski definition) is 2. The first-order valence-electron chi connectivity index (χ1n) is 5.16. The average molecular weight is 203 g/mol. The van der Waals surface area contributed by atoms with Crippen LogP contribution in [-0.4, -0.2) is 19.9 Å². The summed E-state index contributed by atoms with van der Waals surface area (Å²) < 4.78 is 0. The molecule has 0 aromatic heterocycles. The van der Waals surface area contributed by atoms with Gasteiger partial charge in [-0.15, -0.1) is 6.58 Å². The Bertz CT molecular complexity index is 333. The summed E-state index contributed by atoms with van der Waals surface area (Å²) in [6.45, 7) is 4.63. The van der Waals surface area contributed by atoms with Gasteiger partial charge in [0, 0.05) is 24.8 Å². The summed E-state index contributed by atoms with van der Waals surface area (Å²) in [5, 5.41) is 0. The zero-order chi connectivity index (χ0) is 11.1. The maximum absolute atomic E-state index is 10.8. The van der Waals surface area contributed by atoms with Crippen molar-refractivity contribution in [3.05, 3.63) is 42.5 Å². The molecule has 0 fully saturated rings. The van der Waals surface area contributed by atoms with Gasteiger partial charge in [0.15, 0.2) is 6.29 Å². The first kappa shape index (κ1) is 11.5. The van der Waals surface area contributed by atoms with E-state index in [1.54, 1.807) is 0 Å². The van der Waals surface area contributed by atoms with Crippen LogP contribution in [0.3, 0.4) is 0 Å². The van der Waals surface area contributed by atoms with Gasteiger partial charge in [0.05, 0.1) is 0 Å². The van der Waals surface area contributed by atoms with Gasteiger partial charge in [-0.3, -0.25) is 4.79 Å². The molecule has 2 nitrogen and oxygen atoms in total. The molecule has 0 heterocycles. The van der Waals surface area contributed by atoms with Gasteiger partial charge in [-0.25, -0.2) is 0 Å². The van der Waals surface area contributed by atoms with E-state index in [9.17, 15) is 4.79 Å². The topological polar surface area (TPSA) is 20.3 Å². The number of aldehydes is 1. The van der Waals surface area contributed by atoms with Gasteiger partial charge in [0.1, 0.15) is 0 Å². The number of benzene rings is 1. The Balaban J connectivity index is 2.67. The summed E-state index contributed by atoms with van der Waals surface area (Å²) in [4.78, 5) is 12.9. The Hall–Kier alpha value is -1.57. The third-order valence-electron chi connectivity index (χ3n) is 2.38. The van der Waals surface area contributed by atoms with Crippen LogP contribution in [0, 0.1) is 0 Å². The zero-order valence-corrected chi connectivity index (χ0v) is 9.15. The van der Waals surface area contributed by atoms with Crippen molar-refractivity contribution in [3.63, 3.8) is 0 Å². The average Bonchev–Trinajstić information content (AvgIpc) is 2.29. The van der Waals surface area contributed by atoms with Crippen molar-refractivity contribution in [2.75, 3.05) is 18.5 Å². The number of carbonyl (C=O) groups excluding carboxylic acids is 1. The quantitative estimate of drug-likeness (QED) is 0.402. The highest BCUT2D eigenvalue weighted by molar-refractivity contribution is 5.84. The van der Waals surface area contributed by atoms with E-state index in [1.165, 1.54) is 0 Å². The second-order valence-corrected chi connectivity index (χ2v) is 3.53. The lowest BCUT2D eigenvalue weighted by atomic mass is 10.1. The smallest absolute Gasteiger partial charge is 0.152 e. The molecule has 0 aliphatic carbocycles. The second-order valence-electron chi connectivity index (χ2n) is 3.53. The van der Waals surface area contributed by atoms with Crippen LogP contribution in [-0.2, 0) is 0 Å². The van der Waals surface area contributed by atoms with E-state index >= 15 is 0 Å². The molecule has 0 saturated carbocycles. The molecule has 0 bridgehead atoms. The van der Waals surface area contributed by atoms with Gasteiger partial charge >= 0.3 is 0 Å². The molecule has 0 atom stereocenters. The molecule has 2 heteroatoms. The Morgan fingerprint density at radius 2 is 2.13 bits per heavy atom. The van der Waals surface area contributed by atoms with E-state index < -0.39 is 0 Å². The molecule has 0 aliphatic rings. The number of para-hydroxylation sites is 1. The molecule has 80 valence electrons. The fourth-order valence-electron chi connectivity index (χ4n) is 1.53. The Labute approximate surface area is 91.2 Å². The SMILES string of the molecule is C=CCCCN(C)c1ccccc1C=O. The highest BCUT2D eigenvalue weighted by atomic mass is 16.1. The first-order chi connectivity index (χ1) is 7.29. The maximum atomic E-state index is 10.8. The molecule has 1 rings (SSSR count). The molecule has 0 unspecified atom stereocenters. The van der Waals surface area contributed by atoms with Crippen molar-refractivity contribution in [2.45, 2.75) is 12.8 Å². The lowest BCUT2D eigenvalue weighted by Gasteiger charge is -2.20. The lowest BCUT2D eigenvalue weighted by Crippen LogP contribution is -2.19. The van der Waals surface area contributed by atoms with Crippen molar-refractivity contribution < 1.29 is 4.79 Å². The molecule has 0 spiro atoms. The van der Waals surface area contributed by atoms with Crippen LogP contribution in [0.15, 0.2) is 36.9 Å². The molecule has 0 N–H and O–H groups in total. The summed E-state index contributed by atoms with van der Waals surface area (Å²) in [6, 6.07) is 7.64. The third kappa shape index (κ3) is 3.24. The van der Waals surface area contributed by atoms with E-state index in [-0.39, 0.29) is 0 Å². The largest absolute Gasteiger partial charge is 0.374 e. The van der Waals surface area contributed by atoms with E-state index in [1.807, 2.05) is 37.4 Å². The van der Waals surface area contributed by atoms with E-state index in [0.717, 1.165) is 36.9 Å². The standard InChI is InChI=1S/C13H17NO/c1-3-4-7-10-14(2)13-9-6-5-8-12(13)11-15/h3,5-6,8-9,11H,1,4,7,10H2,2H3. The first-order valence-corrected chi connectivity index (χ1v) is 5.16.